The zero-order valence-electron chi connectivity index (χ0n) is 6.75. The van der Waals surface area contributed by atoms with Gasteiger partial charge in [0.1, 0.15) is 0 Å². The minimum atomic E-state index is -1.37. The van der Waals surface area contributed by atoms with Gasteiger partial charge in [0.05, 0.1) is 13.3 Å². The van der Waals surface area contributed by atoms with Crippen LogP contribution in [-0.2, 0) is 14.3 Å². The standard InChI is InChI=1S/C7H11FO4/c1-2-12-7(11)5(3-4-8)6(9)10/h5H,2-4H2,1H3,(H,9,10). The molecule has 0 rings (SSSR count). The molecule has 0 aromatic carbocycles. The maximum absolute atomic E-state index is 11.7. The third-order valence-electron chi connectivity index (χ3n) is 1.27. The summed E-state index contributed by atoms with van der Waals surface area (Å²) in [6, 6.07) is 0. The number of halogens is 1. The van der Waals surface area contributed by atoms with Crippen molar-refractivity contribution in [2.75, 3.05) is 13.3 Å². The van der Waals surface area contributed by atoms with Gasteiger partial charge in [0, 0.05) is 0 Å². The Kier molecular flexibility index (Phi) is 4.99. The Hall–Kier alpha value is -1.13. The molecule has 4 nitrogen and oxygen atoms in total. The molecule has 0 saturated carbocycles. The lowest BCUT2D eigenvalue weighted by molar-refractivity contribution is -0.158. The number of hydrogen-bond donors (Lipinski definition) is 1. The van der Waals surface area contributed by atoms with Gasteiger partial charge in [-0.2, -0.15) is 0 Å². The number of esters is 1. The van der Waals surface area contributed by atoms with Crippen LogP contribution in [0.1, 0.15) is 13.3 Å². The molecule has 1 N–H and O–H groups in total. The van der Waals surface area contributed by atoms with Crippen LogP contribution in [0.4, 0.5) is 4.39 Å². The minimum absolute atomic E-state index is 0.106. The monoisotopic (exact) mass is 178 g/mol. The summed E-state index contributed by atoms with van der Waals surface area (Å²) in [6.45, 7) is 0.830. The number of ether oxygens (including phenoxy) is 1. The van der Waals surface area contributed by atoms with E-state index < -0.39 is 24.5 Å². The van der Waals surface area contributed by atoms with Crippen LogP contribution in [0.5, 0.6) is 0 Å². The summed E-state index contributed by atoms with van der Waals surface area (Å²) >= 11 is 0. The molecule has 12 heavy (non-hydrogen) atoms. The number of rotatable bonds is 5. The van der Waals surface area contributed by atoms with Crippen LogP contribution in [0.3, 0.4) is 0 Å². The molecule has 0 spiro atoms. The van der Waals surface area contributed by atoms with Crippen molar-refractivity contribution in [1.82, 2.24) is 0 Å². The van der Waals surface area contributed by atoms with E-state index in [9.17, 15) is 14.0 Å². The van der Waals surface area contributed by atoms with E-state index >= 15 is 0 Å². The molecule has 0 saturated heterocycles. The first-order valence-corrected chi connectivity index (χ1v) is 3.58. The number of carboxylic acids is 1. The fraction of sp³-hybridized carbons (Fsp3) is 0.714. The summed E-state index contributed by atoms with van der Waals surface area (Å²) in [4.78, 5) is 21.1. The van der Waals surface area contributed by atoms with Gasteiger partial charge in [0.15, 0.2) is 5.92 Å². The van der Waals surface area contributed by atoms with Gasteiger partial charge < -0.3 is 9.84 Å². The van der Waals surface area contributed by atoms with Crippen molar-refractivity contribution in [2.45, 2.75) is 13.3 Å². The molecule has 0 aromatic heterocycles. The molecule has 0 aliphatic carbocycles. The van der Waals surface area contributed by atoms with Gasteiger partial charge in [-0.15, -0.1) is 0 Å². The Bertz CT molecular complexity index is 169. The average molecular weight is 178 g/mol. The summed E-state index contributed by atoms with van der Waals surface area (Å²) in [7, 11) is 0. The molecule has 5 heteroatoms. The Morgan fingerprint density at radius 2 is 2.17 bits per heavy atom. The summed E-state index contributed by atoms with van der Waals surface area (Å²) in [5.41, 5.74) is 0. The van der Waals surface area contributed by atoms with E-state index in [4.69, 9.17) is 5.11 Å². The van der Waals surface area contributed by atoms with E-state index in [1.165, 1.54) is 0 Å². The van der Waals surface area contributed by atoms with Crippen LogP contribution in [0.25, 0.3) is 0 Å². The fourth-order valence-corrected chi connectivity index (χ4v) is 0.694. The Morgan fingerprint density at radius 3 is 2.50 bits per heavy atom. The zero-order chi connectivity index (χ0) is 9.56. The summed E-state index contributed by atoms with van der Waals surface area (Å²) in [6.07, 6.45) is -0.325. The molecule has 0 amide bonds. The average Bonchev–Trinajstić information content (AvgIpc) is 1.99. The van der Waals surface area contributed by atoms with E-state index in [1.807, 2.05) is 0 Å². The van der Waals surface area contributed by atoms with Crippen molar-refractivity contribution in [2.24, 2.45) is 5.92 Å². The van der Waals surface area contributed by atoms with Gasteiger partial charge in [-0.1, -0.05) is 0 Å². The highest BCUT2D eigenvalue weighted by atomic mass is 19.1. The third kappa shape index (κ3) is 3.32. The number of carbonyl (C=O) groups is 2. The molecule has 1 unspecified atom stereocenters. The van der Waals surface area contributed by atoms with Gasteiger partial charge in [-0.3, -0.25) is 14.0 Å². The second-order valence-electron chi connectivity index (χ2n) is 2.12. The molecule has 0 bridgehead atoms. The maximum Gasteiger partial charge on any atom is 0.320 e. The molecule has 0 heterocycles. The van der Waals surface area contributed by atoms with Crippen LogP contribution in [0, 0.1) is 5.92 Å². The smallest absolute Gasteiger partial charge is 0.320 e. The van der Waals surface area contributed by atoms with Gasteiger partial charge in [-0.25, -0.2) is 0 Å². The first-order valence-electron chi connectivity index (χ1n) is 3.58. The second kappa shape index (κ2) is 5.51. The van der Waals surface area contributed by atoms with Crippen molar-refractivity contribution in [3.8, 4) is 0 Å². The van der Waals surface area contributed by atoms with Crippen LogP contribution in [-0.4, -0.2) is 30.3 Å². The Labute approximate surface area is 69.3 Å². The van der Waals surface area contributed by atoms with E-state index in [-0.39, 0.29) is 13.0 Å². The van der Waals surface area contributed by atoms with E-state index in [1.54, 1.807) is 6.92 Å². The Morgan fingerprint density at radius 1 is 1.58 bits per heavy atom. The first-order chi connectivity index (χ1) is 5.63. The van der Waals surface area contributed by atoms with Crippen molar-refractivity contribution >= 4 is 11.9 Å². The lowest BCUT2D eigenvalue weighted by Crippen LogP contribution is -2.26. The van der Waals surface area contributed by atoms with E-state index in [0.717, 1.165) is 0 Å². The van der Waals surface area contributed by atoms with Crippen molar-refractivity contribution in [3.63, 3.8) is 0 Å². The van der Waals surface area contributed by atoms with Crippen LogP contribution >= 0.6 is 0 Å². The van der Waals surface area contributed by atoms with Crippen LogP contribution < -0.4 is 0 Å². The minimum Gasteiger partial charge on any atom is -0.481 e. The number of carboxylic acid groups (broad SMARTS) is 1. The van der Waals surface area contributed by atoms with Crippen molar-refractivity contribution in [1.29, 1.82) is 0 Å². The topological polar surface area (TPSA) is 63.6 Å². The number of alkyl halides is 1. The first kappa shape index (κ1) is 10.9. The molecular formula is C7H11FO4. The molecule has 0 radical (unpaired) electrons. The van der Waals surface area contributed by atoms with Gasteiger partial charge in [0.25, 0.3) is 0 Å². The zero-order valence-corrected chi connectivity index (χ0v) is 6.75. The largest absolute Gasteiger partial charge is 0.481 e. The fourth-order valence-electron chi connectivity index (χ4n) is 0.694. The van der Waals surface area contributed by atoms with Gasteiger partial charge in [0.2, 0.25) is 0 Å². The summed E-state index contributed by atoms with van der Waals surface area (Å²) < 4.78 is 16.2. The highest BCUT2D eigenvalue weighted by molar-refractivity contribution is 5.93. The summed E-state index contributed by atoms with van der Waals surface area (Å²) in [5.74, 6) is -3.58. The number of carbonyl (C=O) groups excluding carboxylic acids is 1. The highest BCUT2D eigenvalue weighted by Crippen LogP contribution is 2.06. The predicted octanol–water partition coefficient (Wildman–Crippen LogP) is 0.610. The molecule has 0 aromatic rings. The number of hydrogen-bond acceptors (Lipinski definition) is 3. The van der Waals surface area contributed by atoms with Crippen LogP contribution in [0.15, 0.2) is 0 Å². The molecule has 0 fully saturated rings. The molecule has 70 valence electrons. The van der Waals surface area contributed by atoms with Crippen LogP contribution in [0.2, 0.25) is 0 Å². The molecule has 0 aliphatic rings. The Balaban J connectivity index is 4.09. The predicted molar refractivity (Wildman–Crippen MR) is 38.4 cm³/mol. The van der Waals surface area contributed by atoms with Crippen molar-refractivity contribution in [3.05, 3.63) is 0 Å². The highest BCUT2D eigenvalue weighted by Gasteiger charge is 2.26. The molecule has 1 atom stereocenters. The van der Waals surface area contributed by atoms with E-state index in [2.05, 4.69) is 4.74 Å². The molecule has 0 aliphatic heterocycles. The normalized spacial score (nSPS) is 12.2. The lowest BCUT2D eigenvalue weighted by atomic mass is 10.1. The molecular weight excluding hydrogens is 167 g/mol. The SMILES string of the molecule is CCOC(=O)C(CCF)C(=O)O. The quantitative estimate of drug-likeness (QED) is 0.495. The third-order valence-corrected chi connectivity index (χ3v) is 1.27. The van der Waals surface area contributed by atoms with Gasteiger partial charge in [-0.05, 0) is 13.3 Å². The lowest BCUT2D eigenvalue weighted by Gasteiger charge is -2.08. The van der Waals surface area contributed by atoms with E-state index in [0.29, 0.717) is 0 Å². The van der Waals surface area contributed by atoms with Gasteiger partial charge >= 0.3 is 11.9 Å². The maximum atomic E-state index is 11.7. The summed E-state index contributed by atoms with van der Waals surface area (Å²) in [5, 5.41) is 8.43. The van der Waals surface area contributed by atoms with Crippen molar-refractivity contribution < 1.29 is 23.8 Å². The second-order valence-corrected chi connectivity index (χ2v) is 2.12. The number of aliphatic carboxylic acids is 1.